The molecule has 0 aromatic heterocycles. The van der Waals surface area contributed by atoms with Crippen molar-refractivity contribution in [2.24, 2.45) is 11.3 Å². The monoisotopic (exact) mass is 320 g/mol. The van der Waals surface area contributed by atoms with E-state index in [1.54, 1.807) is 0 Å². The molecule has 2 heterocycles. The Morgan fingerprint density at radius 2 is 1.65 bits per heavy atom. The summed E-state index contributed by atoms with van der Waals surface area (Å²) in [5.74, 6) is 0.440. The first kappa shape index (κ1) is 16.1. The van der Waals surface area contributed by atoms with Crippen molar-refractivity contribution in [2.75, 3.05) is 0 Å². The zero-order valence-electron chi connectivity index (χ0n) is 15.3. The summed E-state index contributed by atoms with van der Waals surface area (Å²) < 4.78 is 12.2. The summed E-state index contributed by atoms with van der Waals surface area (Å²) in [6, 6.07) is 0. The Hall–Kier alpha value is -0.380. The van der Waals surface area contributed by atoms with Gasteiger partial charge in [-0.15, -0.1) is 0 Å². The molecule has 6 atom stereocenters. The maximum atomic E-state index is 10.7. The maximum Gasteiger partial charge on any atom is 0.0921 e. The molecule has 4 rings (SSSR count). The number of fused-ring (bicyclic) bond motifs is 3. The quantitative estimate of drug-likeness (QED) is 0.587. The maximum absolute atomic E-state index is 10.7. The van der Waals surface area contributed by atoms with E-state index < -0.39 is 5.60 Å². The number of aliphatic hydroxyl groups is 1. The lowest BCUT2D eigenvalue weighted by Gasteiger charge is -2.37. The van der Waals surface area contributed by atoms with E-state index >= 15 is 0 Å². The minimum absolute atomic E-state index is 0.0549. The van der Waals surface area contributed by atoms with Gasteiger partial charge in [-0.3, -0.25) is 0 Å². The van der Waals surface area contributed by atoms with Crippen LogP contribution in [0.3, 0.4) is 0 Å². The van der Waals surface area contributed by atoms with Crippen molar-refractivity contribution in [2.45, 2.75) is 102 Å². The number of rotatable bonds is 1. The van der Waals surface area contributed by atoms with Gasteiger partial charge >= 0.3 is 0 Å². The second-order valence-electron chi connectivity index (χ2n) is 9.75. The molecule has 0 spiro atoms. The molecule has 1 saturated carbocycles. The molecule has 3 fully saturated rings. The van der Waals surface area contributed by atoms with Crippen LogP contribution in [0.5, 0.6) is 0 Å². The fourth-order valence-corrected chi connectivity index (χ4v) is 5.32. The summed E-state index contributed by atoms with van der Waals surface area (Å²) in [6.45, 7) is 10.8. The van der Waals surface area contributed by atoms with Crippen molar-refractivity contribution in [1.29, 1.82) is 0 Å². The molecule has 0 aromatic rings. The minimum atomic E-state index is -0.721. The molecule has 2 aliphatic carbocycles. The Morgan fingerprint density at radius 3 is 2.35 bits per heavy atom. The summed E-state index contributed by atoms with van der Waals surface area (Å²) in [6.07, 6.45) is 9.74. The van der Waals surface area contributed by atoms with Gasteiger partial charge in [0, 0.05) is 0 Å². The standard InChI is InChI=1S/C20H32O3/c1-17(2,21)13-6-9-18(3)12-16-20(5,23-16)11-8-15-19(4,22-15)10-7-14(13)18/h6,14-16,21H,7-12H2,1-5H3/t14-,15+,16?,18+,19+,20-/m1/s1. The number of ether oxygens (including phenoxy) is 2. The van der Waals surface area contributed by atoms with E-state index in [4.69, 9.17) is 9.47 Å². The predicted molar refractivity (Wildman–Crippen MR) is 90.2 cm³/mol. The van der Waals surface area contributed by atoms with Gasteiger partial charge in [-0.1, -0.05) is 13.0 Å². The van der Waals surface area contributed by atoms with Crippen LogP contribution in [-0.2, 0) is 9.47 Å². The highest BCUT2D eigenvalue weighted by molar-refractivity contribution is 5.28. The molecule has 3 heteroatoms. The third-order valence-corrected chi connectivity index (χ3v) is 7.27. The van der Waals surface area contributed by atoms with E-state index in [0.29, 0.717) is 18.1 Å². The van der Waals surface area contributed by atoms with Crippen LogP contribution in [0, 0.1) is 11.3 Å². The van der Waals surface area contributed by atoms with E-state index in [0.717, 1.165) is 38.5 Å². The first-order valence-electron chi connectivity index (χ1n) is 9.34. The topological polar surface area (TPSA) is 45.3 Å². The first-order chi connectivity index (χ1) is 10.6. The van der Waals surface area contributed by atoms with Gasteiger partial charge in [0.15, 0.2) is 0 Å². The first-order valence-corrected chi connectivity index (χ1v) is 9.34. The van der Waals surface area contributed by atoms with Gasteiger partial charge in [-0.25, -0.2) is 0 Å². The predicted octanol–water partition coefficient (Wildman–Crippen LogP) is 3.99. The molecule has 23 heavy (non-hydrogen) atoms. The van der Waals surface area contributed by atoms with E-state index in [1.165, 1.54) is 5.57 Å². The summed E-state index contributed by atoms with van der Waals surface area (Å²) in [7, 11) is 0. The van der Waals surface area contributed by atoms with Crippen molar-refractivity contribution in [1.82, 2.24) is 0 Å². The Balaban J connectivity index is 1.62. The van der Waals surface area contributed by atoms with E-state index in [1.807, 2.05) is 13.8 Å². The average molecular weight is 320 g/mol. The SMILES string of the molecule is CC(C)(O)C1=CC[C@@]2(C)CC3O[C@]3(C)CC[C@@H]3O[C@@]3(C)CC[C@H]12. The van der Waals surface area contributed by atoms with Gasteiger partial charge in [-0.2, -0.15) is 0 Å². The van der Waals surface area contributed by atoms with E-state index in [-0.39, 0.29) is 16.6 Å². The fraction of sp³-hybridized carbons (Fsp3) is 0.900. The minimum Gasteiger partial charge on any atom is -0.386 e. The molecule has 2 saturated heterocycles. The fourth-order valence-electron chi connectivity index (χ4n) is 5.32. The zero-order chi connectivity index (χ0) is 16.7. The molecule has 1 N–H and O–H groups in total. The van der Waals surface area contributed by atoms with Crippen LogP contribution < -0.4 is 0 Å². The molecule has 0 radical (unpaired) electrons. The highest BCUT2D eigenvalue weighted by Crippen LogP contribution is 2.59. The number of epoxide rings is 2. The van der Waals surface area contributed by atoms with Gasteiger partial charge in [0.1, 0.15) is 0 Å². The molecule has 4 aliphatic rings. The van der Waals surface area contributed by atoms with Crippen molar-refractivity contribution < 1.29 is 14.6 Å². The van der Waals surface area contributed by atoms with Gasteiger partial charge in [-0.05, 0) is 83.1 Å². The average Bonchev–Trinajstić information content (AvgIpc) is 3.21. The molecular weight excluding hydrogens is 288 g/mol. The third-order valence-electron chi connectivity index (χ3n) is 7.27. The van der Waals surface area contributed by atoms with Gasteiger partial charge in [0.05, 0.1) is 29.0 Å². The molecule has 130 valence electrons. The van der Waals surface area contributed by atoms with Gasteiger partial charge in [0.2, 0.25) is 0 Å². The molecular formula is C20H32O3. The van der Waals surface area contributed by atoms with Gasteiger partial charge in [0.25, 0.3) is 0 Å². The Kier molecular flexibility index (Phi) is 3.23. The van der Waals surface area contributed by atoms with Crippen molar-refractivity contribution in [3.8, 4) is 0 Å². The summed E-state index contributed by atoms with van der Waals surface area (Å²) in [5, 5.41) is 10.7. The van der Waals surface area contributed by atoms with Crippen LogP contribution in [0.1, 0.15) is 73.1 Å². The van der Waals surface area contributed by atoms with Crippen molar-refractivity contribution in [3.63, 3.8) is 0 Å². The molecule has 1 unspecified atom stereocenters. The smallest absolute Gasteiger partial charge is 0.0921 e. The second kappa shape index (κ2) is 4.62. The molecule has 0 bridgehead atoms. The summed E-state index contributed by atoms with van der Waals surface area (Å²) in [4.78, 5) is 0. The number of allylic oxidation sites excluding steroid dienone is 1. The van der Waals surface area contributed by atoms with Crippen LogP contribution in [0.4, 0.5) is 0 Å². The van der Waals surface area contributed by atoms with Crippen molar-refractivity contribution in [3.05, 3.63) is 11.6 Å². The van der Waals surface area contributed by atoms with Crippen LogP contribution >= 0.6 is 0 Å². The Morgan fingerprint density at radius 1 is 1.04 bits per heavy atom. The molecule has 0 amide bonds. The largest absolute Gasteiger partial charge is 0.386 e. The zero-order valence-corrected chi connectivity index (χ0v) is 15.3. The Labute approximate surface area is 140 Å². The Bertz CT molecular complexity index is 548. The lowest BCUT2D eigenvalue weighted by atomic mass is 9.68. The highest BCUT2D eigenvalue weighted by atomic mass is 16.6. The summed E-state index contributed by atoms with van der Waals surface area (Å²) >= 11 is 0. The summed E-state index contributed by atoms with van der Waals surface area (Å²) in [5.41, 5.74) is 0.841. The molecule has 0 aromatic carbocycles. The third kappa shape index (κ3) is 2.60. The lowest BCUT2D eigenvalue weighted by molar-refractivity contribution is 0.0838. The highest BCUT2D eigenvalue weighted by Gasteiger charge is 2.60. The van der Waals surface area contributed by atoms with Crippen LogP contribution in [0.15, 0.2) is 11.6 Å². The van der Waals surface area contributed by atoms with Crippen LogP contribution in [0.2, 0.25) is 0 Å². The second-order valence-corrected chi connectivity index (χ2v) is 9.75. The molecule has 2 aliphatic heterocycles. The van der Waals surface area contributed by atoms with Crippen molar-refractivity contribution >= 4 is 0 Å². The number of hydrogen-bond acceptors (Lipinski definition) is 3. The lowest BCUT2D eigenvalue weighted by Crippen LogP contribution is -2.34. The van der Waals surface area contributed by atoms with Crippen LogP contribution in [-0.4, -0.2) is 34.1 Å². The molecule has 3 nitrogen and oxygen atoms in total. The normalized spacial score (nSPS) is 52.6. The van der Waals surface area contributed by atoms with Crippen LogP contribution in [0.25, 0.3) is 0 Å². The van der Waals surface area contributed by atoms with Gasteiger partial charge < -0.3 is 14.6 Å². The van der Waals surface area contributed by atoms with E-state index in [9.17, 15) is 5.11 Å². The number of hydrogen-bond donors (Lipinski definition) is 1. The van der Waals surface area contributed by atoms with E-state index in [2.05, 4.69) is 26.8 Å².